The number of hydrogen-bond acceptors (Lipinski definition) is 3. The van der Waals surface area contributed by atoms with Gasteiger partial charge < -0.3 is 5.32 Å². The summed E-state index contributed by atoms with van der Waals surface area (Å²) in [5.41, 5.74) is 3.80. The molecule has 2 aromatic carbocycles. The summed E-state index contributed by atoms with van der Waals surface area (Å²) < 4.78 is 1.08. The molecule has 0 radical (unpaired) electrons. The van der Waals surface area contributed by atoms with Crippen molar-refractivity contribution in [1.82, 2.24) is 10.2 Å². The van der Waals surface area contributed by atoms with Crippen LogP contribution in [0.2, 0.25) is 0 Å². The molecule has 1 saturated heterocycles. The molecule has 138 valence electrons. The van der Waals surface area contributed by atoms with Crippen molar-refractivity contribution in [3.63, 3.8) is 0 Å². The van der Waals surface area contributed by atoms with Crippen LogP contribution >= 0.6 is 27.7 Å². The Balaban J connectivity index is 1.43. The SMILES string of the molecule is O=C(CSCc1ccc(Br)cc1)NCc1ccccc1CN1CCCC1. The minimum Gasteiger partial charge on any atom is -0.351 e. The minimum atomic E-state index is 0.100. The zero-order valence-electron chi connectivity index (χ0n) is 14.9. The maximum absolute atomic E-state index is 12.2. The van der Waals surface area contributed by atoms with Gasteiger partial charge in [0, 0.05) is 23.3 Å². The maximum atomic E-state index is 12.2. The van der Waals surface area contributed by atoms with Crippen LogP contribution in [0.5, 0.6) is 0 Å². The second kappa shape index (κ2) is 10.1. The van der Waals surface area contributed by atoms with Gasteiger partial charge in [0.2, 0.25) is 5.91 Å². The van der Waals surface area contributed by atoms with E-state index in [-0.39, 0.29) is 5.91 Å². The lowest BCUT2D eigenvalue weighted by atomic mass is 10.1. The van der Waals surface area contributed by atoms with Crippen LogP contribution in [0.3, 0.4) is 0 Å². The number of likely N-dealkylation sites (tertiary alicyclic amines) is 1. The lowest BCUT2D eigenvalue weighted by Crippen LogP contribution is -2.26. The molecule has 0 unspecified atom stereocenters. The van der Waals surface area contributed by atoms with Gasteiger partial charge >= 0.3 is 0 Å². The Morgan fingerprint density at radius 1 is 1.04 bits per heavy atom. The Kier molecular flexibility index (Phi) is 7.59. The van der Waals surface area contributed by atoms with Gasteiger partial charge in [-0.15, -0.1) is 11.8 Å². The van der Waals surface area contributed by atoms with E-state index >= 15 is 0 Å². The zero-order chi connectivity index (χ0) is 18.2. The highest BCUT2D eigenvalue weighted by atomic mass is 79.9. The summed E-state index contributed by atoms with van der Waals surface area (Å²) in [5.74, 6) is 1.44. The van der Waals surface area contributed by atoms with Crippen molar-refractivity contribution in [3.8, 4) is 0 Å². The highest BCUT2D eigenvalue weighted by Crippen LogP contribution is 2.17. The van der Waals surface area contributed by atoms with E-state index in [4.69, 9.17) is 0 Å². The topological polar surface area (TPSA) is 32.3 Å². The van der Waals surface area contributed by atoms with Crippen molar-refractivity contribution >= 4 is 33.6 Å². The normalized spacial score (nSPS) is 14.5. The molecule has 1 aliphatic rings. The number of hydrogen-bond donors (Lipinski definition) is 1. The quantitative estimate of drug-likeness (QED) is 0.661. The van der Waals surface area contributed by atoms with E-state index < -0.39 is 0 Å². The molecule has 1 fully saturated rings. The first-order valence-corrected chi connectivity index (χ1v) is 11.0. The van der Waals surface area contributed by atoms with Crippen LogP contribution in [0.1, 0.15) is 29.5 Å². The molecule has 1 aliphatic heterocycles. The van der Waals surface area contributed by atoms with Crippen molar-refractivity contribution in [2.75, 3.05) is 18.8 Å². The third-order valence-corrected chi connectivity index (χ3v) is 6.13. The van der Waals surface area contributed by atoms with Crippen LogP contribution in [0, 0.1) is 0 Å². The molecule has 0 atom stereocenters. The fraction of sp³-hybridized carbons (Fsp3) is 0.381. The van der Waals surface area contributed by atoms with E-state index in [1.54, 1.807) is 11.8 Å². The standard InChI is InChI=1S/C21H25BrN2OS/c22-20-9-7-17(8-10-20)15-26-16-21(25)23-13-18-5-1-2-6-19(18)14-24-11-3-4-12-24/h1-2,5-10H,3-4,11-16H2,(H,23,25). The van der Waals surface area contributed by atoms with Gasteiger partial charge in [0.15, 0.2) is 0 Å². The van der Waals surface area contributed by atoms with E-state index in [1.165, 1.54) is 42.6 Å². The second-order valence-corrected chi connectivity index (χ2v) is 8.55. The first-order chi connectivity index (χ1) is 12.7. The van der Waals surface area contributed by atoms with Crippen LogP contribution in [-0.2, 0) is 23.6 Å². The van der Waals surface area contributed by atoms with E-state index in [0.717, 1.165) is 16.8 Å². The summed E-state index contributed by atoms with van der Waals surface area (Å²) in [6.45, 7) is 3.98. The van der Waals surface area contributed by atoms with E-state index in [2.05, 4.69) is 62.5 Å². The van der Waals surface area contributed by atoms with Crippen LogP contribution in [0.4, 0.5) is 0 Å². The second-order valence-electron chi connectivity index (χ2n) is 6.65. The Labute approximate surface area is 168 Å². The molecule has 26 heavy (non-hydrogen) atoms. The first kappa shape index (κ1) is 19.5. The van der Waals surface area contributed by atoms with Crippen LogP contribution < -0.4 is 5.32 Å². The number of carbonyl (C=O) groups excluding carboxylic acids is 1. The largest absolute Gasteiger partial charge is 0.351 e. The average molecular weight is 433 g/mol. The summed E-state index contributed by atoms with van der Waals surface area (Å²) in [7, 11) is 0. The zero-order valence-corrected chi connectivity index (χ0v) is 17.3. The number of halogens is 1. The van der Waals surface area contributed by atoms with Crippen LogP contribution in [0.25, 0.3) is 0 Å². The number of nitrogens with zero attached hydrogens (tertiary/aromatic N) is 1. The van der Waals surface area contributed by atoms with Gasteiger partial charge in [0.1, 0.15) is 0 Å². The number of nitrogens with one attached hydrogen (secondary N) is 1. The average Bonchev–Trinajstić information content (AvgIpc) is 3.16. The number of thioether (sulfide) groups is 1. The predicted molar refractivity (Wildman–Crippen MR) is 113 cm³/mol. The molecule has 5 heteroatoms. The van der Waals surface area contributed by atoms with Crippen LogP contribution in [-0.4, -0.2) is 29.6 Å². The van der Waals surface area contributed by atoms with Crippen molar-refractivity contribution in [2.24, 2.45) is 0 Å². The van der Waals surface area contributed by atoms with Gasteiger partial charge in [0.05, 0.1) is 5.75 Å². The predicted octanol–water partition coefficient (Wildman–Crippen LogP) is 4.59. The fourth-order valence-electron chi connectivity index (χ4n) is 3.15. The molecule has 0 bridgehead atoms. The molecule has 1 heterocycles. The molecule has 3 rings (SSSR count). The molecule has 2 aromatic rings. The minimum absolute atomic E-state index is 0.100. The molecular weight excluding hydrogens is 408 g/mol. The van der Waals surface area contributed by atoms with Crippen LogP contribution in [0.15, 0.2) is 53.0 Å². The van der Waals surface area contributed by atoms with Crippen molar-refractivity contribution in [1.29, 1.82) is 0 Å². The third kappa shape index (κ3) is 6.15. The number of carbonyl (C=O) groups is 1. The highest BCUT2D eigenvalue weighted by molar-refractivity contribution is 9.10. The molecule has 0 aromatic heterocycles. The highest BCUT2D eigenvalue weighted by Gasteiger charge is 2.13. The number of rotatable bonds is 8. The third-order valence-electron chi connectivity index (χ3n) is 4.60. The van der Waals surface area contributed by atoms with E-state index in [0.29, 0.717) is 12.3 Å². The van der Waals surface area contributed by atoms with Gasteiger partial charge in [0.25, 0.3) is 0 Å². The molecule has 0 saturated carbocycles. The molecular formula is C21H25BrN2OS. The van der Waals surface area contributed by atoms with Gasteiger partial charge in [-0.25, -0.2) is 0 Å². The Morgan fingerprint density at radius 3 is 2.46 bits per heavy atom. The van der Waals surface area contributed by atoms with E-state index in [1.807, 2.05) is 12.1 Å². The van der Waals surface area contributed by atoms with Crippen molar-refractivity contribution in [3.05, 3.63) is 69.7 Å². The van der Waals surface area contributed by atoms with Gasteiger partial charge in [-0.3, -0.25) is 9.69 Å². The Morgan fingerprint density at radius 2 is 1.73 bits per heavy atom. The first-order valence-electron chi connectivity index (χ1n) is 9.09. The summed E-state index contributed by atoms with van der Waals surface area (Å²) in [5, 5.41) is 3.07. The molecule has 3 nitrogen and oxygen atoms in total. The molecule has 0 aliphatic carbocycles. The van der Waals surface area contributed by atoms with Gasteiger partial charge in [-0.05, 0) is 54.8 Å². The number of benzene rings is 2. The monoisotopic (exact) mass is 432 g/mol. The summed E-state index contributed by atoms with van der Waals surface area (Å²) in [6.07, 6.45) is 2.60. The lowest BCUT2D eigenvalue weighted by molar-refractivity contribution is -0.118. The Hall–Kier alpha value is -1.30. The lowest BCUT2D eigenvalue weighted by Gasteiger charge is -2.17. The molecule has 0 spiro atoms. The molecule has 1 amide bonds. The summed E-state index contributed by atoms with van der Waals surface area (Å²) in [4.78, 5) is 14.7. The Bertz CT molecular complexity index is 714. The van der Waals surface area contributed by atoms with Crippen molar-refractivity contribution in [2.45, 2.75) is 31.7 Å². The van der Waals surface area contributed by atoms with E-state index in [9.17, 15) is 4.79 Å². The summed E-state index contributed by atoms with van der Waals surface area (Å²) in [6, 6.07) is 16.7. The summed E-state index contributed by atoms with van der Waals surface area (Å²) >= 11 is 5.09. The van der Waals surface area contributed by atoms with Crippen molar-refractivity contribution < 1.29 is 4.79 Å². The molecule has 1 N–H and O–H groups in total. The van der Waals surface area contributed by atoms with Gasteiger partial charge in [-0.2, -0.15) is 0 Å². The smallest absolute Gasteiger partial charge is 0.230 e. The fourth-order valence-corrected chi connectivity index (χ4v) is 4.23. The number of amides is 1. The maximum Gasteiger partial charge on any atom is 0.230 e. The van der Waals surface area contributed by atoms with Gasteiger partial charge in [-0.1, -0.05) is 52.3 Å².